The fourth-order valence-corrected chi connectivity index (χ4v) is 7.05. The van der Waals surface area contributed by atoms with Crippen molar-refractivity contribution in [3.63, 3.8) is 0 Å². The lowest BCUT2D eigenvalue weighted by Gasteiger charge is -2.45. The van der Waals surface area contributed by atoms with Crippen LogP contribution in [0, 0.1) is 5.21 Å². The molecule has 13 nitrogen and oxygen atoms in total. The topological polar surface area (TPSA) is 169 Å². The van der Waals surface area contributed by atoms with E-state index in [0.29, 0.717) is 26.3 Å². The molecule has 234 valence electrons. The molecular formula is C30H30ClN7O6S. The Morgan fingerprint density at radius 3 is 2.02 bits per heavy atom. The Morgan fingerprint density at radius 2 is 1.44 bits per heavy atom. The highest BCUT2D eigenvalue weighted by atomic mass is 35.5. The van der Waals surface area contributed by atoms with Crippen LogP contribution < -0.4 is 15.4 Å². The Labute approximate surface area is 264 Å². The van der Waals surface area contributed by atoms with Crippen LogP contribution in [-0.2, 0) is 19.6 Å². The van der Waals surface area contributed by atoms with Gasteiger partial charge in [0, 0.05) is 75.1 Å². The van der Waals surface area contributed by atoms with Crippen LogP contribution in [0.25, 0.3) is 21.9 Å². The quantitative estimate of drug-likeness (QED) is 0.214. The minimum Gasteiger partial charge on any atom is -0.619 e. The average Bonchev–Trinajstić information content (AvgIpc) is 3.04. The van der Waals surface area contributed by atoms with E-state index in [-0.39, 0.29) is 36.7 Å². The van der Waals surface area contributed by atoms with Crippen molar-refractivity contribution < 1.29 is 27.5 Å². The number of rotatable bonds is 8. The zero-order valence-corrected chi connectivity index (χ0v) is 26.0. The first-order chi connectivity index (χ1) is 21.5. The van der Waals surface area contributed by atoms with Gasteiger partial charge < -0.3 is 20.7 Å². The van der Waals surface area contributed by atoms with Crippen molar-refractivity contribution in [1.29, 1.82) is 0 Å². The van der Waals surface area contributed by atoms with E-state index >= 15 is 0 Å². The standard InChI is InChI=1S/C30H30ClN7O6S/c1-32-27(39)13-24-17-37(45(43,44)26-6-4-20-11-23(31)5-3-21(20)12-26)18-25(14-28(40)33-2)38(24)30(41)29-34-15-22(16-35-29)19-7-9-36(42)10-8-19/h3-12,15-16,24-25H,13-14,17-18H2,1-2H3,(H,32,39)(H,33,40). The molecule has 2 atom stereocenters. The lowest BCUT2D eigenvalue weighted by atomic mass is 10.0. The fraction of sp³-hybridized carbons (Fsp3) is 0.267. The van der Waals surface area contributed by atoms with Crippen LogP contribution >= 0.6 is 11.6 Å². The maximum atomic E-state index is 14.0. The summed E-state index contributed by atoms with van der Waals surface area (Å²) < 4.78 is 29.8. The molecule has 3 heterocycles. The van der Waals surface area contributed by atoms with Crippen molar-refractivity contribution in [1.82, 2.24) is 29.8 Å². The molecule has 45 heavy (non-hydrogen) atoms. The van der Waals surface area contributed by atoms with Gasteiger partial charge in [-0.2, -0.15) is 9.04 Å². The van der Waals surface area contributed by atoms with Crippen molar-refractivity contribution in [2.24, 2.45) is 0 Å². The molecule has 1 aliphatic heterocycles. The minimum absolute atomic E-state index is 0.0248. The highest BCUT2D eigenvalue weighted by Crippen LogP contribution is 2.30. The molecule has 0 saturated carbocycles. The van der Waals surface area contributed by atoms with E-state index < -0.39 is 39.8 Å². The van der Waals surface area contributed by atoms with E-state index in [4.69, 9.17) is 11.6 Å². The van der Waals surface area contributed by atoms with Crippen molar-refractivity contribution in [3.8, 4) is 11.1 Å². The van der Waals surface area contributed by atoms with Crippen LogP contribution in [0.15, 0.2) is 78.2 Å². The maximum absolute atomic E-state index is 14.0. The van der Waals surface area contributed by atoms with Gasteiger partial charge in [-0.05, 0) is 40.6 Å². The number of amides is 3. The van der Waals surface area contributed by atoms with Crippen LogP contribution in [0.1, 0.15) is 23.5 Å². The Kier molecular flexibility index (Phi) is 9.27. The Morgan fingerprint density at radius 1 is 0.889 bits per heavy atom. The lowest BCUT2D eigenvalue weighted by Crippen LogP contribution is -2.63. The molecule has 4 aromatic rings. The smallest absolute Gasteiger partial charge is 0.292 e. The fourth-order valence-electron chi connectivity index (χ4n) is 5.32. The first-order valence-electron chi connectivity index (χ1n) is 13.9. The molecule has 1 fully saturated rings. The van der Waals surface area contributed by atoms with Gasteiger partial charge in [-0.25, -0.2) is 18.4 Å². The van der Waals surface area contributed by atoms with Crippen molar-refractivity contribution in [2.45, 2.75) is 29.8 Å². The number of piperazine rings is 1. The highest BCUT2D eigenvalue weighted by Gasteiger charge is 2.44. The zero-order chi connectivity index (χ0) is 32.3. The van der Waals surface area contributed by atoms with Gasteiger partial charge in [-0.15, -0.1) is 0 Å². The number of carbonyl (C=O) groups is 3. The number of benzene rings is 2. The molecule has 0 bridgehead atoms. The molecule has 3 amide bonds. The van der Waals surface area contributed by atoms with E-state index in [0.717, 1.165) is 5.39 Å². The van der Waals surface area contributed by atoms with Gasteiger partial charge >= 0.3 is 0 Å². The summed E-state index contributed by atoms with van der Waals surface area (Å²) >= 11 is 6.09. The van der Waals surface area contributed by atoms with Crippen LogP contribution in [0.3, 0.4) is 0 Å². The van der Waals surface area contributed by atoms with Gasteiger partial charge in [0.25, 0.3) is 5.91 Å². The molecule has 1 aliphatic rings. The van der Waals surface area contributed by atoms with E-state index in [1.807, 2.05) is 0 Å². The largest absolute Gasteiger partial charge is 0.619 e. The van der Waals surface area contributed by atoms with Gasteiger partial charge in [0.15, 0.2) is 12.4 Å². The number of nitrogens with one attached hydrogen (secondary N) is 2. The Hall–Kier alpha value is -4.66. The third-order valence-electron chi connectivity index (χ3n) is 7.64. The van der Waals surface area contributed by atoms with Crippen LogP contribution in [-0.4, -0.2) is 84.6 Å². The molecule has 1 saturated heterocycles. The number of aromatic nitrogens is 3. The highest BCUT2D eigenvalue weighted by molar-refractivity contribution is 7.89. The SMILES string of the molecule is CNC(=O)CC1CN(S(=O)(=O)c2ccc3cc(Cl)ccc3c2)CC(CC(=O)NC)N1C(=O)c1ncc(-c2cc[n+]([O-])cc2)cn1. The minimum atomic E-state index is -4.12. The Bertz CT molecular complexity index is 1830. The molecule has 0 radical (unpaired) electrons. The van der Waals surface area contributed by atoms with Crippen molar-refractivity contribution in [3.05, 3.63) is 89.4 Å². The summed E-state index contributed by atoms with van der Waals surface area (Å²) in [7, 11) is -1.25. The van der Waals surface area contributed by atoms with E-state index in [2.05, 4.69) is 20.6 Å². The molecule has 2 unspecified atom stereocenters. The van der Waals surface area contributed by atoms with Gasteiger partial charge in [-0.1, -0.05) is 23.7 Å². The summed E-state index contributed by atoms with van der Waals surface area (Å²) in [4.78, 5) is 49.1. The summed E-state index contributed by atoms with van der Waals surface area (Å²) in [6.45, 7) is -0.413. The zero-order valence-electron chi connectivity index (χ0n) is 24.4. The average molecular weight is 652 g/mol. The molecule has 2 N–H and O–H groups in total. The summed E-state index contributed by atoms with van der Waals surface area (Å²) in [5, 5.41) is 18.4. The van der Waals surface area contributed by atoms with Gasteiger partial charge in [0.1, 0.15) is 0 Å². The predicted molar refractivity (Wildman–Crippen MR) is 165 cm³/mol. The molecule has 15 heteroatoms. The number of carbonyl (C=O) groups excluding carboxylic acids is 3. The van der Waals surface area contributed by atoms with E-state index in [1.165, 1.54) is 54.2 Å². The molecule has 2 aromatic heterocycles. The second-order valence-electron chi connectivity index (χ2n) is 10.5. The van der Waals surface area contributed by atoms with Crippen LogP contribution in [0.5, 0.6) is 0 Å². The monoisotopic (exact) mass is 651 g/mol. The number of hydrogen-bond donors (Lipinski definition) is 2. The number of halogens is 1. The lowest BCUT2D eigenvalue weighted by molar-refractivity contribution is -0.605. The molecule has 0 aliphatic carbocycles. The van der Waals surface area contributed by atoms with Gasteiger partial charge in [0.2, 0.25) is 27.7 Å². The number of pyridine rings is 1. The second-order valence-corrected chi connectivity index (χ2v) is 12.9. The summed E-state index contributed by atoms with van der Waals surface area (Å²) in [5.74, 6) is -1.69. The normalized spacial score (nSPS) is 17.2. The van der Waals surface area contributed by atoms with Crippen molar-refractivity contribution >= 4 is 50.1 Å². The number of sulfonamides is 1. The van der Waals surface area contributed by atoms with Crippen LogP contribution in [0.4, 0.5) is 0 Å². The third kappa shape index (κ3) is 6.87. The Balaban J connectivity index is 1.50. The van der Waals surface area contributed by atoms with E-state index in [9.17, 15) is 28.0 Å². The predicted octanol–water partition coefficient (Wildman–Crippen LogP) is 1.74. The molecule has 0 spiro atoms. The first-order valence-corrected chi connectivity index (χ1v) is 15.8. The molecular weight excluding hydrogens is 622 g/mol. The number of hydrogen-bond acceptors (Lipinski definition) is 8. The van der Waals surface area contributed by atoms with Gasteiger partial charge in [0.05, 0.1) is 17.0 Å². The number of nitrogens with zero attached hydrogens (tertiary/aromatic N) is 5. The summed E-state index contributed by atoms with van der Waals surface area (Å²) in [6.07, 6.45) is 5.04. The first kappa shape index (κ1) is 31.8. The third-order valence-corrected chi connectivity index (χ3v) is 9.70. The van der Waals surface area contributed by atoms with Gasteiger partial charge in [-0.3, -0.25) is 14.4 Å². The summed E-state index contributed by atoms with van der Waals surface area (Å²) in [5.41, 5.74) is 1.22. The molecule has 2 aromatic carbocycles. The maximum Gasteiger partial charge on any atom is 0.292 e. The number of fused-ring (bicyclic) bond motifs is 1. The van der Waals surface area contributed by atoms with E-state index in [1.54, 1.807) is 42.5 Å². The second kappa shape index (κ2) is 13.1. The molecule has 5 rings (SSSR count). The van der Waals surface area contributed by atoms with Crippen molar-refractivity contribution in [2.75, 3.05) is 27.2 Å². The summed E-state index contributed by atoms with van der Waals surface area (Å²) in [6, 6.07) is 11.1. The van der Waals surface area contributed by atoms with Crippen LogP contribution in [0.2, 0.25) is 5.02 Å².